The largest absolute Gasteiger partial charge is 0.310 e. The maximum Gasteiger partial charge on any atom is 0.229 e. The number of hydrogen-bond donors (Lipinski definition) is 1. The lowest BCUT2D eigenvalue weighted by Crippen LogP contribution is -2.15. The fourth-order valence-corrected chi connectivity index (χ4v) is 2.29. The Kier molecular flexibility index (Phi) is 4.19. The number of anilines is 1. The molecule has 0 aliphatic heterocycles. The van der Waals surface area contributed by atoms with Crippen LogP contribution in [0, 0.1) is 6.92 Å². The average molecular weight is 306 g/mol. The Balaban J connectivity index is 1.63. The van der Waals surface area contributed by atoms with Crippen molar-refractivity contribution in [3.63, 3.8) is 0 Å². The van der Waals surface area contributed by atoms with Crippen molar-refractivity contribution in [2.24, 2.45) is 7.05 Å². The van der Waals surface area contributed by atoms with Gasteiger partial charge in [-0.2, -0.15) is 5.10 Å². The molecule has 1 amide bonds. The molecule has 5 heteroatoms. The van der Waals surface area contributed by atoms with Gasteiger partial charge in [-0.05, 0) is 24.6 Å². The Bertz CT molecular complexity index is 804. The number of amides is 1. The molecule has 1 N–H and O–H groups in total. The molecule has 116 valence electrons. The normalized spacial score (nSPS) is 10.5. The maximum absolute atomic E-state index is 12.1. The first-order valence-corrected chi connectivity index (χ1v) is 7.40. The second-order valence-corrected chi connectivity index (χ2v) is 5.55. The number of carbonyl (C=O) groups is 1. The van der Waals surface area contributed by atoms with E-state index < -0.39 is 0 Å². The van der Waals surface area contributed by atoms with Crippen LogP contribution in [-0.2, 0) is 18.3 Å². The summed E-state index contributed by atoms with van der Waals surface area (Å²) in [4.78, 5) is 16.4. The second kappa shape index (κ2) is 6.44. The van der Waals surface area contributed by atoms with Crippen molar-refractivity contribution in [2.75, 3.05) is 5.32 Å². The minimum absolute atomic E-state index is 0.0736. The monoisotopic (exact) mass is 306 g/mol. The molecule has 0 fully saturated rings. The molecule has 1 aromatic carbocycles. The fourth-order valence-electron chi connectivity index (χ4n) is 2.29. The smallest absolute Gasteiger partial charge is 0.229 e. The van der Waals surface area contributed by atoms with E-state index in [2.05, 4.69) is 15.4 Å². The highest BCUT2D eigenvalue weighted by atomic mass is 16.1. The molecule has 2 heterocycles. The van der Waals surface area contributed by atoms with Gasteiger partial charge < -0.3 is 5.32 Å². The first kappa shape index (κ1) is 15.0. The van der Waals surface area contributed by atoms with Gasteiger partial charge in [0, 0.05) is 30.6 Å². The summed E-state index contributed by atoms with van der Waals surface area (Å²) in [6.45, 7) is 2.03. The summed E-state index contributed by atoms with van der Waals surface area (Å²) < 4.78 is 1.74. The van der Waals surface area contributed by atoms with Crippen LogP contribution in [0.4, 0.5) is 5.82 Å². The predicted octanol–water partition coefficient (Wildman–Crippen LogP) is 2.97. The molecule has 0 aliphatic carbocycles. The Morgan fingerprint density at radius 3 is 2.48 bits per heavy atom. The summed E-state index contributed by atoms with van der Waals surface area (Å²) >= 11 is 0. The predicted molar refractivity (Wildman–Crippen MR) is 90.0 cm³/mol. The van der Waals surface area contributed by atoms with E-state index in [9.17, 15) is 4.79 Å². The molecular weight excluding hydrogens is 288 g/mol. The summed E-state index contributed by atoms with van der Waals surface area (Å²) in [5, 5.41) is 6.95. The van der Waals surface area contributed by atoms with E-state index in [0.29, 0.717) is 12.2 Å². The van der Waals surface area contributed by atoms with Crippen molar-refractivity contribution in [2.45, 2.75) is 13.3 Å². The molecule has 0 saturated heterocycles. The van der Waals surface area contributed by atoms with E-state index in [1.165, 1.54) is 5.56 Å². The van der Waals surface area contributed by atoms with Crippen molar-refractivity contribution < 1.29 is 4.79 Å². The average Bonchev–Trinajstić information content (AvgIpc) is 2.97. The van der Waals surface area contributed by atoms with Crippen LogP contribution in [0.25, 0.3) is 11.1 Å². The third-order valence-corrected chi connectivity index (χ3v) is 3.55. The molecule has 23 heavy (non-hydrogen) atoms. The molecule has 0 bridgehead atoms. The summed E-state index contributed by atoms with van der Waals surface area (Å²) in [5.41, 5.74) is 4.13. The number of nitrogens with one attached hydrogen (secondary N) is 1. The van der Waals surface area contributed by atoms with Gasteiger partial charge in [-0.25, -0.2) is 4.98 Å². The van der Waals surface area contributed by atoms with Gasteiger partial charge in [0.25, 0.3) is 0 Å². The van der Waals surface area contributed by atoms with E-state index in [4.69, 9.17) is 0 Å². The Morgan fingerprint density at radius 1 is 1.09 bits per heavy atom. The third kappa shape index (κ3) is 3.83. The zero-order valence-corrected chi connectivity index (χ0v) is 13.2. The van der Waals surface area contributed by atoms with Gasteiger partial charge in [-0.1, -0.05) is 29.8 Å². The summed E-state index contributed by atoms with van der Waals surface area (Å²) in [6, 6.07) is 11.7. The molecule has 0 saturated carbocycles. The van der Waals surface area contributed by atoms with Gasteiger partial charge in [0.1, 0.15) is 5.82 Å². The first-order chi connectivity index (χ1) is 11.1. The number of carbonyl (C=O) groups excluding carboxylic acids is 1. The second-order valence-electron chi connectivity index (χ2n) is 5.55. The zero-order valence-electron chi connectivity index (χ0n) is 13.2. The number of hydrogen-bond acceptors (Lipinski definition) is 3. The van der Waals surface area contributed by atoms with Crippen LogP contribution in [0.15, 0.2) is 55.0 Å². The van der Waals surface area contributed by atoms with E-state index in [0.717, 1.165) is 16.7 Å². The minimum atomic E-state index is -0.0736. The molecule has 0 atom stereocenters. The van der Waals surface area contributed by atoms with E-state index >= 15 is 0 Å². The van der Waals surface area contributed by atoms with Crippen LogP contribution >= 0.6 is 0 Å². The number of nitrogens with zero attached hydrogens (tertiary/aromatic N) is 3. The van der Waals surface area contributed by atoms with Gasteiger partial charge in [0.2, 0.25) is 5.91 Å². The number of pyridine rings is 1. The van der Waals surface area contributed by atoms with Crippen molar-refractivity contribution in [1.82, 2.24) is 14.8 Å². The topological polar surface area (TPSA) is 59.8 Å². The lowest BCUT2D eigenvalue weighted by molar-refractivity contribution is -0.115. The van der Waals surface area contributed by atoms with Crippen molar-refractivity contribution in [3.05, 3.63) is 66.1 Å². The van der Waals surface area contributed by atoms with E-state index in [1.807, 2.05) is 50.5 Å². The fraction of sp³-hybridized carbons (Fsp3) is 0.167. The molecule has 3 aromatic rings. The lowest BCUT2D eigenvalue weighted by atomic mass is 10.1. The van der Waals surface area contributed by atoms with E-state index in [1.54, 1.807) is 23.1 Å². The molecule has 5 nitrogen and oxygen atoms in total. The van der Waals surface area contributed by atoms with Gasteiger partial charge >= 0.3 is 0 Å². The highest BCUT2D eigenvalue weighted by Gasteiger charge is 2.06. The quantitative estimate of drug-likeness (QED) is 0.806. The first-order valence-electron chi connectivity index (χ1n) is 7.40. The molecule has 0 radical (unpaired) electrons. The molecule has 0 spiro atoms. The summed E-state index contributed by atoms with van der Waals surface area (Å²) in [5.74, 6) is 0.477. The molecule has 0 unspecified atom stereocenters. The Morgan fingerprint density at radius 2 is 1.87 bits per heavy atom. The molecular formula is C18H18N4O. The number of aryl methyl sites for hydroxylation is 2. The highest BCUT2D eigenvalue weighted by Crippen LogP contribution is 2.18. The SMILES string of the molecule is Cc1ccc(CC(=O)Nc2ccc(-c3cnn(C)c3)cn2)cc1. The lowest BCUT2D eigenvalue weighted by Gasteiger charge is -2.05. The summed E-state index contributed by atoms with van der Waals surface area (Å²) in [7, 11) is 1.87. The van der Waals surface area contributed by atoms with E-state index in [-0.39, 0.29) is 5.91 Å². The van der Waals surface area contributed by atoms with Crippen LogP contribution in [0.3, 0.4) is 0 Å². The molecule has 2 aromatic heterocycles. The Hall–Kier alpha value is -2.95. The van der Waals surface area contributed by atoms with Crippen LogP contribution in [0.2, 0.25) is 0 Å². The van der Waals surface area contributed by atoms with Crippen LogP contribution in [-0.4, -0.2) is 20.7 Å². The highest BCUT2D eigenvalue weighted by molar-refractivity contribution is 5.91. The van der Waals surface area contributed by atoms with Gasteiger partial charge in [-0.15, -0.1) is 0 Å². The molecule has 0 aliphatic rings. The zero-order chi connectivity index (χ0) is 16.2. The molecule has 3 rings (SSSR count). The van der Waals surface area contributed by atoms with Gasteiger partial charge in [-0.3, -0.25) is 9.48 Å². The number of benzene rings is 1. The van der Waals surface area contributed by atoms with Gasteiger partial charge in [0.05, 0.1) is 12.6 Å². The standard InChI is InChI=1S/C18H18N4O/c1-13-3-5-14(6-4-13)9-18(23)21-17-8-7-15(10-19-17)16-11-20-22(2)12-16/h3-8,10-12H,9H2,1-2H3,(H,19,21,23). The number of rotatable bonds is 4. The van der Waals surface area contributed by atoms with Crippen LogP contribution < -0.4 is 5.32 Å². The number of aromatic nitrogens is 3. The third-order valence-electron chi connectivity index (χ3n) is 3.55. The van der Waals surface area contributed by atoms with Crippen molar-refractivity contribution in [1.29, 1.82) is 0 Å². The summed E-state index contributed by atoms with van der Waals surface area (Å²) in [6.07, 6.45) is 5.78. The van der Waals surface area contributed by atoms with Gasteiger partial charge in [0.15, 0.2) is 0 Å². The minimum Gasteiger partial charge on any atom is -0.310 e. The van der Waals surface area contributed by atoms with Crippen molar-refractivity contribution >= 4 is 11.7 Å². The van der Waals surface area contributed by atoms with Crippen LogP contribution in [0.5, 0.6) is 0 Å². The van der Waals surface area contributed by atoms with Crippen LogP contribution in [0.1, 0.15) is 11.1 Å². The maximum atomic E-state index is 12.1. The Labute approximate surface area is 135 Å². The van der Waals surface area contributed by atoms with Crippen molar-refractivity contribution in [3.8, 4) is 11.1 Å².